The fraction of sp³-hybridized carbons (Fsp3) is 0.520. The first-order chi connectivity index (χ1) is 17.2. The zero-order chi connectivity index (χ0) is 26.2. The van der Waals surface area contributed by atoms with Crippen LogP contribution in [0.1, 0.15) is 39.7 Å². The van der Waals surface area contributed by atoms with Gasteiger partial charge in [-0.05, 0) is 31.9 Å². The van der Waals surface area contributed by atoms with E-state index in [1.807, 2.05) is 12.3 Å². The summed E-state index contributed by atoms with van der Waals surface area (Å²) in [4.78, 5) is 30.1. The maximum absolute atomic E-state index is 9.21. The number of carbonyl (C=O) groups is 2. The summed E-state index contributed by atoms with van der Waals surface area (Å²) in [5.41, 5.74) is 2.16. The number of aryl methyl sites for hydroxylation is 1. The topological polar surface area (TPSA) is 143 Å². The van der Waals surface area contributed by atoms with Crippen LogP contribution in [0.25, 0.3) is 22.7 Å². The smallest absolute Gasteiger partial charge is 0.300 e. The quantitative estimate of drug-likeness (QED) is 0.480. The summed E-state index contributed by atoms with van der Waals surface area (Å²) in [5.74, 6) is 0.212. The molecule has 11 nitrogen and oxygen atoms in total. The lowest BCUT2D eigenvalue weighted by atomic mass is 10.1. The number of hydrogen-bond donors (Lipinski definition) is 3. The van der Waals surface area contributed by atoms with Gasteiger partial charge in [0, 0.05) is 64.6 Å². The Kier molecular flexibility index (Phi) is 9.57. The third-order valence-corrected chi connectivity index (χ3v) is 6.15. The van der Waals surface area contributed by atoms with Crippen LogP contribution in [-0.2, 0) is 20.9 Å². The molecule has 2 aliphatic rings. The number of aliphatic hydroxyl groups is 1. The summed E-state index contributed by atoms with van der Waals surface area (Å²) in [6, 6.07) is 9.08. The molecular formula is C25H35N5O6. The fourth-order valence-electron chi connectivity index (χ4n) is 4.78. The molecule has 0 unspecified atom stereocenters. The predicted octanol–water partition coefficient (Wildman–Crippen LogP) is 2.50. The van der Waals surface area contributed by atoms with Crippen molar-refractivity contribution in [1.82, 2.24) is 24.0 Å². The molecule has 0 spiro atoms. The van der Waals surface area contributed by atoms with Gasteiger partial charge in [-0.3, -0.25) is 14.5 Å². The summed E-state index contributed by atoms with van der Waals surface area (Å²) >= 11 is 0. The Morgan fingerprint density at radius 3 is 2.44 bits per heavy atom. The van der Waals surface area contributed by atoms with Gasteiger partial charge in [0.1, 0.15) is 0 Å². The van der Waals surface area contributed by atoms with Crippen LogP contribution in [0.15, 0.2) is 36.7 Å². The predicted molar refractivity (Wildman–Crippen MR) is 134 cm³/mol. The third-order valence-electron chi connectivity index (χ3n) is 6.15. The number of aliphatic carboxylic acids is 2. The van der Waals surface area contributed by atoms with Crippen molar-refractivity contribution in [2.75, 3.05) is 26.3 Å². The molecule has 3 aromatic rings. The number of aliphatic hydroxyl groups excluding tert-OH is 1. The summed E-state index contributed by atoms with van der Waals surface area (Å²) in [5, 5.41) is 24.0. The Morgan fingerprint density at radius 2 is 1.78 bits per heavy atom. The first-order valence-corrected chi connectivity index (χ1v) is 12.1. The number of nitrogens with zero attached hydrogens (tertiary/aromatic N) is 5. The lowest BCUT2D eigenvalue weighted by Crippen LogP contribution is -2.46. The number of ether oxygens (including phenoxy) is 1. The van der Waals surface area contributed by atoms with Crippen molar-refractivity contribution in [2.45, 2.75) is 58.3 Å². The highest BCUT2D eigenvalue weighted by molar-refractivity contribution is 5.79. The molecule has 2 aromatic heterocycles. The van der Waals surface area contributed by atoms with E-state index < -0.39 is 11.9 Å². The van der Waals surface area contributed by atoms with Gasteiger partial charge < -0.3 is 29.2 Å². The average Bonchev–Trinajstić information content (AvgIpc) is 3.53. The van der Waals surface area contributed by atoms with Crippen molar-refractivity contribution in [3.63, 3.8) is 0 Å². The summed E-state index contributed by atoms with van der Waals surface area (Å²) in [6.07, 6.45) is 5.89. The van der Waals surface area contributed by atoms with Crippen molar-refractivity contribution >= 4 is 23.0 Å². The molecule has 2 saturated heterocycles. The Labute approximate surface area is 210 Å². The van der Waals surface area contributed by atoms with E-state index in [1.54, 1.807) is 0 Å². The lowest BCUT2D eigenvalue weighted by Gasteiger charge is -2.34. The highest BCUT2D eigenvalue weighted by Crippen LogP contribution is 2.34. The Bertz CT molecular complexity index is 1140. The van der Waals surface area contributed by atoms with E-state index in [1.165, 1.54) is 0 Å². The molecule has 11 heteroatoms. The molecule has 2 fully saturated rings. The van der Waals surface area contributed by atoms with E-state index in [0.717, 1.165) is 69.2 Å². The van der Waals surface area contributed by atoms with Crippen LogP contribution < -0.4 is 0 Å². The van der Waals surface area contributed by atoms with Crippen molar-refractivity contribution in [3.8, 4) is 11.6 Å². The summed E-state index contributed by atoms with van der Waals surface area (Å²) < 4.78 is 10.5. The van der Waals surface area contributed by atoms with Crippen molar-refractivity contribution in [2.24, 2.45) is 0 Å². The number of imidazole rings is 2. The monoisotopic (exact) mass is 501 g/mol. The molecule has 0 bridgehead atoms. The molecule has 0 radical (unpaired) electrons. The zero-order valence-electron chi connectivity index (χ0n) is 20.9. The van der Waals surface area contributed by atoms with E-state index in [0.29, 0.717) is 18.5 Å². The standard InChI is InChI=1S/C21H27N5O2.2C2H4O2/c1-2-25-19-6-4-3-5-18(19)23-21(25)20-22-8-9-26(20)15-11-16-14-28-17(7-10-27)13-24(16)12-15;2*1-2(3)4/h3-6,8-9,15-17,27H,2,7,10-14H2,1H3;2*1H3,(H,3,4)/t15-,16-,17-;;/m0../s1. The van der Waals surface area contributed by atoms with Crippen LogP contribution in [0, 0.1) is 0 Å². The van der Waals surface area contributed by atoms with Gasteiger partial charge in [0.2, 0.25) is 0 Å². The maximum Gasteiger partial charge on any atom is 0.300 e. The van der Waals surface area contributed by atoms with Gasteiger partial charge >= 0.3 is 0 Å². The molecule has 0 saturated carbocycles. The number of morpholine rings is 1. The average molecular weight is 502 g/mol. The van der Waals surface area contributed by atoms with Gasteiger partial charge in [-0.25, -0.2) is 9.97 Å². The minimum absolute atomic E-state index is 0.145. The lowest BCUT2D eigenvalue weighted by molar-refractivity contribution is -0.135. The second-order valence-electron chi connectivity index (χ2n) is 8.83. The number of carboxylic acid groups (broad SMARTS) is 2. The minimum Gasteiger partial charge on any atom is -0.481 e. The van der Waals surface area contributed by atoms with Crippen LogP contribution in [-0.4, -0.2) is 89.7 Å². The van der Waals surface area contributed by atoms with Crippen LogP contribution in [0.5, 0.6) is 0 Å². The highest BCUT2D eigenvalue weighted by atomic mass is 16.5. The molecule has 5 rings (SSSR count). The molecule has 36 heavy (non-hydrogen) atoms. The second-order valence-corrected chi connectivity index (χ2v) is 8.83. The molecule has 1 aromatic carbocycles. The molecule has 4 heterocycles. The van der Waals surface area contributed by atoms with Crippen LogP contribution in [0.3, 0.4) is 0 Å². The Hall–Kier alpha value is -3.28. The molecular weight excluding hydrogens is 466 g/mol. The highest BCUT2D eigenvalue weighted by Gasteiger charge is 2.38. The van der Waals surface area contributed by atoms with Gasteiger partial charge in [0.15, 0.2) is 11.6 Å². The zero-order valence-corrected chi connectivity index (χ0v) is 20.9. The van der Waals surface area contributed by atoms with Crippen molar-refractivity contribution in [3.05, 3.63) is 36.7 Å². The number of rotatable bonds is 5. The van der Waals surface area contributed by atoms with Gasteiger partial charge in [-0.2, -0.15) is 0 Å². The molecule has 2 aliphatic heterocycles. The SMILES string of the molecule is CC(=O)O.CC(=O)O.CCn1c(-c2nccn2[C@H]2C[C@H]3CO[C@@H](CCO)CN3C2)nc2ccccc21. The van der Waals surface area contributed by atoms with E-state index in [-0.39, 0.29) is 12.7 Å². The number of hydrogen-bond acceptors (Lipinski definition) is 7. The second kappa shape index (κ2) is 12.6. The van der Waals surface area contributed by atoms with Gasteiger partial charge in [0.25, 0.3) is 11.9 Å². The Morgan fingerprint density at radius 1 is 1.08 bits per heavy atom. The molecule has 3 N–H and O–H groups in total. The van der Waals surface area contributed by atoms with Crippen molar-refractivity contribution in [1.29, 1.82) is 0 Å². The third kappa shape index (κ3) is 6.68. The fourth-order valence-corrected chi connectivity index (χ4v) is 4.78. The first-order valence-electron chi connectivity index (χ1n) is 12.1. The number of para-hydroxylation sites is 2. The van der Waals surface area contributed by atoms with E-state index in [9.17, 15) is 5.11 Å². The van der Waals surface area contributed by atoms with Crippen molar-refractivity contribution < 1.29 is 29.6 Å². The molecule has 0 amide bonds. The normalized spacial score (nSPS) is 21.2. The summed E-state index contributed by atoms with van der Waals surface area (Å²) in [7, 11) is 0. The van der Waals surface area contributed by atoms with Gasteiger partial charge in [-0.1, -0.05) is 12.1 Å². The number of carboxylic acids is 2. The van der Waals surface area contributed by atoms with Crippen LogP contribution in [0.2, 0.25) is 0 Å². The maximum atomic E-state index is 9.21. The molecule has 3 atom stereocenters. The van der Waals surface area contributed by atoms with Gasteiger partial charge in [0.05, 0.1) is 23.7 Å². The number of benzene rings is 1. The Balaban J connectivity index is 0.000000398. The first kappa shape index (κ1) is 27.3. The number of aromatic nitrogens is 4. The summed E-state index contributed by atoms with van der Waals surface area (Å²) in [6.45, 7) is 8.01. The van der Waals surface area contributed by atoms with E-state index in [4.69, 9.17) is 34.5 Å². The van der Waals surface area contributed by atoms with E-state index >= 15 is 0 Å². The number of fused-ring (bicyclic) bond motifs is 2. The van der Waals surface area contributed by atoms with E-state index in [2.05, 4.69) is 45.4 Å². The largest absolute Gasteiger partial charge is 0.481 e. The molecule has 0 aliphatic carbocycles. The van der Waals surface area contributed by atoms with Crippen LogP contribution >= 0.6 is 0 Å². The minimum atomic E-state index is -0.833. The van der Waals surface area contributed by atoms with Gasteiger partial charge in [-0.15, -0.1) is 0 Å². The van der Waals surface area contributed by atoms with Crippen LogP contribution in [0.4, 0.5) is 0 Å². The molecule has 196 valence electrons.